The van der Waals surface area contributed by atoms with E-state index in [9.17, 15) is 0 Å². The standard InChI is InChI=1S/C15H25NO/c1-3-17-13-7-12-16-14(2)10-11-15-8-5-4-6-9-15/h4-6,8-9,14,16H,3,7,10-13H2,1-2H3. The lowest BCUT2D eigenvalue weighted by atomic mass is 10.1. The van der Waals surface area contributed by atoms with Crippen LogP contribution in [0.2, 0.25) is 0 Å². The fourth-order valence-electron chi connectivity index (χ4n) is 1.80. The summed E-state index contributed by atoms with van der Waals surface area (Å²) in [5.41, 5.74) is 1.43. The van der Waals surface area contributed by atoms with Gasteiger partial charge in [0.25, 0.3) is 0 Å². The first-order valence-corrected chi connectivity index (χ1v) is 6.68. The molecule has 0 fully saturated rings. The average Bonchev–Trinajstić information content (AvgIpc) is 2.37. The molecule has 0 aliphatic heterocycles. The van der Waals surface area contributed by atoms with E-state index in [0.717, 1.165) is 32.6 Å². The molecule has 0 amide bonds. The van der Waals surface area contributed by atoms with E-state index >= 15 is 0 Å². The summed E-state index contributed by atoms with van der Waals surface area (Å²) in [5, 5.41) is 3.53. The van der Waals surface area contributed by atoms with Crippen LogP contribution in [0.1, 0.15) is 32.3 Å². The zero-order valence-electron chi connectivity index (χ0n) is 11.1. The van der Waals surface area contributed by atoms with Crippen LogP contribution in [0.3, 0.4) is 0 Å². The van der Waals surface area contributed by atoms with Crippen molar-refractivity contribution in [2.24, 2.45) is 0 Å². The molecule has 0 radical (unpaired) electrons. The summed E-state index contributed by atoms with van der Waals surface area (Å²) in [5.74, 6) is 0. The van der Waals surface area contributed by atoms with Crippen LogP contribution in [-0.2, 0) is 11.2 Å². The third kappa shape index (κ3) is 7.14. The number of hydrogen-bond acceptors (Lipinski definition) is 2. The SMILES string of the molecule is CCOCCCNC(C)CCc1ccccc1. The number of aryl methyl sites for hydroxylation is 1. The maximum absolute atomic E-state index is 5.30. The van der Waals surface area contributed by atoms with Crippen LogP contribution >= 0.6 is 0 Å². The molecule has 17 heavy (non-hydrogen) atoms. The molecule has 0 aromatic heterocycles. The minimum absolute atomic E-state index is 0.580. The summed E-state index contributed by atoms with van der Waals surface area (Å²) in [6.07, 6.45) is 3.45. The van der Waals surface area contributed by atoms with Gasteiger partial charge < -0.3 is 10.1 Å². The van der Waals surface area contributed by atoms with Crippen molar-refractivity contribution in [1.29, 1.82) is 0 Å². The quantitative estimate of drug-likeness (QED) is 0.664. The van der Waals surface area contributed by atoms with E-state index in [1.807, 2.05) is 6.92 Å². The van der Waals surface area contributed by atoms with Gasteiger partial charge in [0.05, 0.1) is 0 Å². The zero-order valence-corrected chi connectivity index (χ0v) is 11.1. The van der Waals surface area contributed by atoms with Crippen LogP contribution in [0.4, 0.5) is 0 Å². The number of rotatable bonds is 9. The van der Waals surface area contributed by atoms with Crippen LogP contribution in [-0.4, -0.2) is 25.8 Å². The Morgan fingerprint density at radius 1 is 1.24 bits per heavy atom. The molecule has 2 heteroatoms. The molecule has 96 valence electrons. The van der Waals surface area contributed by atoms with Crippen molar-refractivity contribution < 1.29 is 4.74 Å². The monoisotopic (exact) mass is 235 g/mol. The summed E-state index contributed by atoms with van der Waals surface area (Å²) in [4.78, 5) is 0. The molecular weight excluding hydrogens is 210 g/mol. The minimum Gasteiger partial charge on any atom is -0.382 e. The molecule has 0 bridgehead atoms. The van der Waals surface area contributed by atoms with E-state index < -0.39 is 0 Å². The molecular formula is C15H25NO. The molecule has 1 aromatic rings. The van der Waals surface area contributed by atoms with E-state index in [1.54, 1.807) is 0 Å². The van der Waals surface area contributed by atoms with Gasteiger partial charge in [-0.2, -0.15) is 0 Å². The first kappa shape index (κ1) is 14.2. The second-order valence-corrected chi connectivity index (χ2v) is 4.43. The first-order chi connectivity index (χ1) is 8.33. The predicted octanol–water partition coefficient (Wildman–Crippen LogP) is 3.02. The fraction of sp³-hybridized carbons (Fsp3) is 0.600. The molecule has 0 aliphatic rings. The third-order valence-corrected chi connectivity index (χ3v) is 2.87. The van der Waals surface area contributed by atoms with E-state index in [-0.39, 0.29) is 0 Å². The van der Waals surface area contributed by atoms with Gasteiger partial charge in [-0.15, -0.1) is 0 Å². The van der Waals surface area contributed by atoms with Crippen LogP contribution in [0.15, 0.2) is 30.3 Å². The highest BCUT2D eigenvalue weighted by molar-refractivity contribution is 5.14. The Labute approximate surface area is 105 Å². The van der Waals surface area contributed by atoms with E-state index in [0.29, 0.717) is 6.04 Å². The molecule has 1 rings (SSSR count). The molecule has 1 unspecified atom stereocenters. The minimum atomic E-state index is 0.580. The zero-order chi connectivity index (χ0) is 12.3. The topological polar surface area (TPSA) is 21.3 Å². The van der Waals surface area contributed by atoms with Crippen molar-refractivity contribution in [1.82, 2.24) is 5.32 Å². The van der Waals surface area contributed by atoms with E-state index in [4.69, 9.17) is 4.74 Å². The van der Waals surface area contributed by atoms with Gasteiger partial charge in [-0.1, -0.05) is 30.3 Å². The maximum Gasteiger partial charge on any atom is 0.0477 e. The molecule has 0 aliphatic carbocycles. The van der Waals surface area contributed by atoms with Gasteiger partial charge in [-0.05, 0) is 45.2 Å². The normalized spacial score (nSPS) is 12.6. The fourth-order valence-corrected chi connectivity index (χ4v) is 1.80. The van der Waals surface area contributed by atoms with Crippen molar-refractivity contribution in [2.75, 3.05) is 19.8 Å². The lowest BCUT2D eigenvalue weighted by Crippen LogP contribution is -2.28. The van der Waals surface area contributed by atoms with E-state index in [2.05, 4.69) is 42.6 Å². The number of ether oxygens (including phenoxy) is 1. The lowest BCUT2D eigenvalue weighted by Gasteiger charge is -2.13. The summed E-state index contributed by atoms with van der Waals surface area (Å²) in [7, 11) is 0. The average molecular weight is 235 g/mol. The van der Waals surface area contributed by atoms with Gasteiger partial charge in [0.15, 0.2) is 0 Å². The van der Waals surface area contributed by atoms with Gasteiger partial charge in [-0.25, -0.2) is 0 Å². The van der Waals surface area contributed by atoms with Crippen molar-refractivity contribution in [3.05, 3.63) is 35.9 Å². The molecule has 0 saturated carbocycles. The molecule has 1 aromatic carbocycles. The Balaban J connectivity index is 2.03. The summed E-state index contributed by atoms with van der Waals surface area (Å²) in [6, 6.07) is 11.3. The molecule has 0 saturated heterocycles. The molecule has 0 spiro atoms. The second-order valence-electron chi connectivity index (χ2n) is 4.43. The number of hydrogen-bond donors (Lipinski definition) is 1. The van der Waals surface area contributed by atoms with Crippen LogP contribution in [0, 0.1) is 0 Å². The molecule has 0 heterocycles. The highest BCUT2D eigenvalue weighted by atomic mass is 16.5. The van der Waals surface area contributed by atoms with Crippen molar-refractivity contribution in [3.63, 3.8) is 0 Å². The maximum atomic E-state index is 5.30. The molecule has 2 nitrogen and oxygen atoms in total. The first-order valence-electron chi connectivity index (χ1n) is 6.68. The molecule has 1 atom stereocenters. The van der Waals surface area contributed by atoms with Gasteiger partial charge in [0, 0.05) is 19.3 Å². The van der Waals surface area contributed by atoms with Gasteiger partial charge in [0.2, 0.25) is 0 Å². The largest absolute Gasteiger partial charge is 0.382 e. The van der Waals surface area contributed by atoms with E-state index in [1.165, 1.54) is 12.0 Å². The highest BCUT2D eigenvalue weighted by Crippen LogP contribution is 2.04. The summed E-state index contributed by atoms with van der Waals surface area (Å²) < 4.78 is 5.30. The van der Waals surface area contributed by atoms with Crippen molar-refractivity contribution in [3.8, 4) is 0 Å². The van der Waals surface area contributed by atoms with Gasteiger partial charge in [0.1, 0.15) is 0 Å². The Bertz CT molecular complexity index is 274. The Kier molecular flexibility index (Phi) is 7.69. The Morgan fingerprint density at radius 2 is 2.00 bits per heavy atom. The smallest absolute Gasteiger partial charge is 0.0477 e. The van der Waals surface area contributed by atoms with Crippen molar-refractivity contribution >= 4 is 0 Å². The predicted molar refractivity (Wildman–Crippen MR) is 73.3 cm³/mol. The number of nitrogens with one attached hydrogen (secondary N) is 1. The van der Waals surface area contributed by atoms with Gasteiger partial charge in [-0.3, -0.25) is 0 Å². The highest BCUT2D eigenvalue weighted by Gasteiger charge is 2.01. The summed E-state index contributed by atoms with van der Waals surface area (Å²) in [6.45, 7) is 7.04. The second kappa shape index (κ2) is 9.20. The lowest BCUT2D eigenvalue weighted by molar-refractivity contribution is 0.144. The number of benzene rings is 1. The van der Waals surface area contributed by atoms with Crippen LogP contribution in [0.5, 0.6) is 0 Å². The van der Waals surface area contributed by atoms with Gasteiger partial charge >= 0.3 is 0 Å². The van der Waals surface area contributed by atoms with Crippen LogP contribution < -0.4 is 5.32 Å². The summed E-state index contributed by atoms with van der Waals surface area (Å²) >= 11 is 0. The molecule has 1 N–H and O–H groups in total. The Morgan fingerprint density at radius 3 is 2.71 bits per heavy atom. The third-order valence-electron chi connectivity index (χ3n) is 2.87. The van der Waals surface area contributed by atoms with Crippen molar-refractivity contribution in [2.45, 2.75) is 39.2 Å². The Hall–Kier alpha value is -0.860. The van der Waals surface area contributed by atoms with Crippen LogP contribution in [0.25, 0.3) is 0 Å².